The molecule has 0 bridgehead atoms. The summed E-state index contributed by atoms with van der Waals surface area (Å²) in [6.45, 7) is 3.72. The zero-order valence-corrected chi connectivity index (χ0v) is 9.44. The van der Waals surface area contributed by atoms with E-state index >= 15 is 0 Å². The second-order valence-electron chi connectivity index (χ2n) is 3.64. The molecule has 1 rings (SSSR count). The Hall–Kier alpha value is -1.06. The van der Waals surface area contributed by atoms with Crippen molar-refractivity contribution in [3.05, 3.63) is 28.8 Å². The van der Waals surface area contributed by atoms with Gasteiger partial charge >= 0.3 is 0 Å². The van der Waals surface area contributed by atoms with Gasteiger partial charge < -0.3 is 10.2 Å². The smallest absolute Gasteiger partial charge is 0.147 e. The van der Waals surface area contributed by atoms with Gasteiger partial charge in [0.25, 0.3) is 0 Å². The standard InChI is InChI=1S/C11H14ClNO2/c1-7(2)11(15)13-6-8-5-9(12)3-4-10(8)14/h3-7,11,14-15H,1-2H3/b13-6+. The Balaban J connectivity index is 2.84. The molecule has 2 N–H and O–H groups in total. The number of halogens is 1. The monoisotopic (exact) mass is 227 g/mol. The molecule has 0 radical (unpaired) electrons. The lowest BCUT2D eigenvalue weighted by Gasteiger charge is -2.08. The predicted molar refractivity (Wildman–Crippen MR) is 61.6 cm³/mol. The van der Waals surface area contributed by atoms with Crippen LogP contribution in [0.1, 0.15) is 19.4 Å². The number of aliphatic hydroxyl groups is 1. The molecule has 0 heterocycles. The lowest BCUT2D eigenvalue weighted by Crippen LogP contribution is -2.11. The third kappa shape index (κ3) is 3.53. The minimum Gasteiger partial charge on any atom is -0.507 e. The first-order valence-electron chi connectivity index (χ1n) is 4.70. The molecule has 0 spiro atoms. The molecule has 0 aromatic heterocycles. The molecule has 15 heavy (non-hydrogen) atoms. The maximum absolute atomic E-state index is 9.45. The summed E-state index contributed by atoms with van der Waals surface area (Å²) in [6, 6.07) is 4.67. The number of phenols is 1. The van der Waals surface area contributed by atoms with Crippen molar-refractivity contribution in [2.24, 2.45) is 10.9 Å². The van der Waals surface area contributed by atoms with Gasteiger partial charge in [0.05, 0.1) is 0 Å². The Bertz CT molecular complexity index is 364. The lowest BCUT2D eigenvalue weighted by molar-refractivity contribution is 0.135. The molecule has 0 aliphatic heterocycles. The second-order valence-corrected chi connectivity index (χ2v) is 4.08. The Morgan fingerprint density at radius 3 is 2.67 bits per heavy atom. The van der Waals surface area contributed by atoms with Gasteiger partial charge in [-0.25, -0.2) is 0 Å². The van der Waals surface area contributed by atoms with Crippen LogP contribution in [0.15, 0.2) is 23.2 Å². The molecule has 0 saturated carbocycles. The number of phenolic OH excluding ortho intramolecular Hbond substituents is 1. The molecule has 1 aromatic carbocycles. The molecule has 1 unspecified atom stereocenters. The Kier molecular flexibility index (Phi) is 4.12. The molecule has 0 aliphatic carbocycles. The fourth-order valence-corrected chi connectivity index (χ4v) is 1.14. The first-order chi connectivity index (χ1) is 7.00. The fourth-order valence-electron chi connectivity index (χ4n) is 0.958. The number of aliphatic hydroxyl groups excluding tert-OH is 1. The van der Waals surface area contributed by atoms with Gasteiger partial charge in [0.15, 0.2) is 0 Å². The molecule has 3 nitrogen and oxygen atoms in total. The SMILES string of the molecule is CC(C)C(O)/N=C/c1cc(Cl)ccc1O. The molecule has 0 fully saturated rings. The largest absolute Gasteiger partial charge is 0.507 e. The van der Waals surface area contributed by atoms with Crippen LogP contribution in [0.3, 0.4) is 0 Å². The van der Waals surface area contributed by atoms with Gasteiger partial charge in [-0.15, -0.1) is 0 Å². The van der Waals surface area contributed by atoms with Crippen LogP contribution >= 0.6 is 11.6 Å². The van der Waals surface area contributed by atoms with Crippen LogP contribution in [0.4, 0.5) is 0 Å². The minimum absolute atomic E-state index is 0.0441. The minimum atomic E-state index is -0.761. The van der Waals surface area contributed by atoms with Gasteiger partial charge in [-0.05, 0) is 24.1 Å². The van der Waals surface area contributed by atoms with Crippen molar-refractivity contribution in [3.63, 3.8) is 0 Å². The zero-order chi connectivity index (χ0) is 11.4. The maximum Gasteiger partial charge on any atom is 0.147 e. The number of nitrogens with zero attached hydrogens (tertiary/aromatic N) is 1. The van der Waals surface area contributed by atoms with Crippen LogP contribution in [0, 0.1) is 5.92 Å². The van der Waals surface area contributed by atoms with Gasteiger partial charge in [0.1, 0.15) is 12.0 Å². The van der Waals surface area contributed by atoms with Crippen molar-refractivity contribution >= 4 is 17.8 Å². The summed E-state index contributed by atoms with van der Waals surface area (Å²) < 4.78 is 0. The van der Waals surface area contributed by atoms with E-state index in [1.54, 1.807) is 12.1 Å². The van der Waals surface area contributed by atoms with E-state index in [-0.39, 0.29) is 11.7 Å². The first kappa shape index (κ1) is 12.0. The molecule has 4 heteroatoms. The van der Waals surface area contributed by atoms with Crippen molar-refractivity contribution in [2.75, 3.05) is 0 Å². The van der Waals surface area contributed by atoms with Gasteiger partial charge in [-0.3, -0.25) is 4.99 Å². The third-order valence-electron chi connectivity index (χ3n) is 1.95. The van der Waals surface area contributed by atoms with Crippen molar-refractivity contribution in [1.82, 2.24) is 0 Å². The number of hydrogen-bond donors (Lipinski definition) is 2. The van der Waals surface area contributed by atoms with Gasteiger partial charge in [-0.2, -0.15) is 0 Å². The summed E-state index contributed by atoms with van der Waals surface area (Å²) in [7, 11) is 0. The van der Waals surface area contributed by atoms with E-state index < -0.39 is 6.23 Å². The first-order valence-corrected chi connectivity index (χ1v) is 5.08. The van der Waals surface area contributed by atoms with E-state index in [1.807, 2.05) is 13.8 Å². The number of aromatic hydroxyl groups is 1. The fraction of sp³-hybridized carbons (Fsp3) is 0.364. The molecule has 0 aliphatic rings. The summed E-state index contributed by atoms with van der Waals surface area (Å²) in [5, 5.41) is 19.4. The van der Waals surface area contributed by atoms with E-state index in [9.17, 15) is 10.2 Å². The van der Waals surface area contributed by atoms with Crippen LogP contribution in [0.5, 0.6) is 5.75 Å². The Morgan fingerprint density at radius 1 is 1.40 bits per heavy atom. The van der Waals surface area contributed by atoms with Crippen LogP contribution in [0.25, 0.3) is 0 Å². The highest BCUT2D eigenvalue weighted by Crippen LogP contribution is 2.19. The highest BCUT2D eigenvalue weighted by Gasteiger charge is 2.05. The predicted octanol–water partition coefficient (Wildman–Crippen LogP) is 2.44. The molecule has 82 valence electrons. The summed E-state index contributed by atoms with van der Waals surface area (Å²) in [5.41, 5.74) is 0.502. The van der Waals surface area contributed by atoms with Crippen LogP contribution in [-0.2, 0) is 0 Å². The number of benzene rings is 1. The molecule has 0 saturated heterocycles. The van der Waals surface area contributed by atoms with E-state index in [4.69, 9.17) is 11.6 Å². The Labute approximate surface area is 94.0 Å². The van der Waals surface area contributed by atoms with E-state index in [0.717, 1.165) is 0 Å². The van der Waals surface area contributed by atoms with Crippen molar-refractivity contribution < 1.29 is 10.2 Å². The summed E-state index contributed by atoms with van der Waals surface area (Å²) in [5.74, 6) is 0.140. The normalized spacial score (nSPS) is 13.7. The number of hydrogen-bond acceptors (Lipinski definition) is 3. The van der Waals surface area contributed by atoms with Gasteiger partial charge in [0.2, 0.25) is 0 Å². The topological polar surface area (TPSA) is 52.8 Å². The number of aliphatic imine (C=N–C) groups is 1. The Morgan fingerprint density at radius 2 is 2.07 bits per heavy atom. The molecular weight excluding hydrogens is 214 g/mol. The average molecular weight is 228 g/mol. The number of rotatable bonds is 3. The van der Waals surface area contributed by atoms with Crippen LogP contribution in [0.2, 0.25) is 5.02 Å². The summed E-state index contributed by atoms with van der Waals surface area (Å²) in [4.78, 5) is 3.91. The van der Waals surface area contributed by atoms with Crippen LogP contribution < -0.4 is 0 Å². The van der Waals surface area contributed by atoms with Crippen molar-refractivity contribution in [3.8, 4) is 5.75 Å². The van der Waals surface area contributed by atoms with Gasteiger partial charge in [0, 0.05) is 16.8 Å². The molecule has 0 amide bonds. The molecule has 1 aromatic rings. The molecule has 1 atom stereocenters. The summed E-state index contributed by atoms with van der Waals surface area (Å²) in [6.07, 6.45) is 0.662. The van der Waals surface area contributed by atoms with Gasteiger partial charge in [-0.1, -0.05) is 25.4 Å². The van der Waals surface area contributed by atoms with Crippen molar-refractivity contribution in [2.45, 2.75) is 20.1 Å². The van der Waals surface area contributed by atoms with Crippen LogP contribution in [-0.4, -0.2) is 22.7 Å². The lowest BCUT2D eigenvalue weighted by atomic mass is 10.2. The highest BCUT2D eigenvalue weighted by atomic mass is 35.5. The molecular formula is C11H14ClNO2. The third-order valence-corrected chi connectivity index (χ3v) is 2.19. The van der Waals surface area contributed by atoms with Crippen molar-refractivity contribution in [1.29, 1.82) is 0 Å². The quantitative estimate of drug-likeness (QED) is 0.780. The van der Waals surface area contributed by atoms with E-state index in [0.29, 0.717) is 10.6 Å². The summed E-state index contributed by atoms with van der Waals surface area (Å²) >= 11 is 5.76. The average Bonchev–Trinajstić information content (AvgIpc) is 2.18. The highest BCUT2D eigenvalue weighted by molar-refractivity contribution is 6.30. The maximum atomic E-state index is 9.45. The van der Waals surface area contributed by atoms with E-state index in [2.05, 4.69) is 4.99 Å². The second kappa shape index (κ2) is 5.14. The van der Waals surface area contributed by atoms with E-state index in [1.165, 1.54) is 12.3 Å². The zero-order valence-electron chi connectivity index (χ0n) is 8.68.